The van der Waals surface area contributed by atoms with E-state index in [4.69, 9.17) is 33.2 Å². The lowest BCUT2D eigenvalue weighted by molar-refractivity contribution is -0.325. The number of hydrogen-bond donors (Lipinski definition) is 8. The van der Waals surface area contributed by atoms with Crippen molar-refractivity contribution in [2.45, 2.75) is 86.8 Å². The molecule has 8 N–H and O–H groups in total. The fourth-order valence-electron chi connectivity index (χ4n) is 5.04. The number of carbonyl (C=O) groups excluding carboxylic acids is 2. The molecule has 0 saturated carbocycles. The van der Waals surface area contributed by atoms with Crippen LogP contribution in [0.1, 0.15) is 25.3 Å². The van der Waals surface area contributed by atoms with Crippen molar-refractivity contribution in [1.29, 1.82) is 0 Å². The summed E-state index contributed by atoms with van der Waals surface area (Å²) in [6, 6.07) is 3.03. The Morgan fingerprint density at radius 3 is 1.77 bits per heavy atom. The van der Waals surface area contributed by atoms with Crippen molar-refractivity contribution in [3.8, 4) is 17.2 Å². The van der Waals surface area contributed by atoms with Crippen LogP contribution >= 0.6 is 0 Å². The monoisotopic (exact) mass is 692 g/mol. The van der Waals surface area contributed by atoms with E-state index in [-0.39, 0.29) is 23.9 Å². The van der Waals surface area contributed by atoms with Crippen molar-refractivity contribution in [3.05, 3.63) is 23.8 Å². The number of carbonyl (C=O) groups is 2. The first-order chi connectivity index (χ1) is 22.7. The fraction of sp³-hybridized carbons (Fsp3) is 0.667. The van der Waals surface area contributed by atoms with Crippen molar-refractivity contribution in [2.24, 2.45) is 0 Å². The molecular weight excluding hydrogens is 648 g/mol. The summed E-state index contributed by atoms with van der Waals surface area (Å²) in [4.78, 5) is 24.9. The van der Waals surface area contributed by atoms with E-state index in [1.165, 1.54) is 39.4 Å². The van der Waals surface area contributed by atoms with Gasteiger partial charge in [0.05, 0.1) is 53.0 Å². The summed E-state index contributed by atoms with van der Waals surface area (Å²) in [5.41, 5.74) is -1.18. The summed E-state index contributed by atoms with van der Waals surface area (Å²) in [6.07, 6.45) is -13.7. The minimum absolute atomic E-state index is 0.0165. The molecule has 0 bridgehead atoms. The predicted molar refractivity (Wildman–Crippen MR) is 158 cm³/mol. The Labute approximate surface area is 275 Å². The van der Waals surface area contributed by atoms with Gasteiger partial charge in [-0.15, -0.1) is 0 Å². The van der Waals surface area contributed by atoms with Crippen LogP contribution in [0.15, 0.2) is 18.2 Å². The van der Waals surface area contributed by atoms with Gasteiger partial charge in [0.1, 0.15) is 55.4 Å². The first-order valence-corrected chi connectivity index (χ1v) is 14.8. The molecule has 0 spiro atoms. The maximum absolute atomic E-state index is 12.8. The highest BCUT2D eigenvalue weighted by atomic mass is 16.7. The van der Waals surface area contributed by atoms with Gasteiger partial charge in [0.25, 0.3) is 0 Å². The summed E-state index contributed by atoms with van der Waals surface area (Å²) in [6.45, 7) is -0.252. The minimum atomic E-state index is -1.78. The molecule has 0 amide bonds. The van der Waals surface area contributed by atoms with Gasteiger partial charge < -0.3 is 78.7 Å². The number of hydrogen-bond acceptors (Lipinski definition) is 18. The van der Waals surface area contributed by atoms with Crippen molar-refractivity contribution in [1.82, 2.24) is 0 Å². The molecule has 2 fully saturated rings. The van der Waals surface area contributed by atoms with Gasteiger partial charge in [-0.2, -0.15) is 0 Å². The standard InChI is InChI=1S/C30H44O18/c1-30(10-19(33)43-4,48-29-26(40)24(38)22(36)18(13-32)46-29)11-20(34)44-7-5-6-14-8-15(41-2)27(16(9-14)42-3)47-28-25(39)23(37)21(35)17(12-31)45-28/h5-6,8-9,17-18,21-26,28-29,31-32,35-40H,7,10-13H2,1-4H3/t17-,18-,21-,22-,23+,24+,25-,26-,28+,29+,30-/m1/s1. The van der Waals surface area contributed by atoms with E-state index in [0.29, 0.717) is 5.56 Å². The van der Waals surface area contributed by atoms with Crippen LogP contribution in [0.5, 0.6) is 17.2 Å². The molecule has 2 saturated heterocycles. The summed E-state index contributed by atoms with van der Waals surface area (Å²) in [5.74, 6) is -1.37. The first-order valence-electron chi connectivity index (χ1n) is 14.8. The lowest BCUT2D eigenvalue weighted by atomic mass is 9.95. The molecule has 48 heavy (non-hydrogen) atoms. The van der Waals surface area contributed by atoms with Crippen molar-refractivity contribution in [3.63, 3.8) is 0 Å². The Kier molecular flexibility index (Phi) is 14.3. The Bertz CT molecular complexity index is 1210. The zero-order chi connectivity index (χ0) is 35.8. The number of aliphatic hydroxyl groups excluding tert-OH is 8. The van der Waals surface area contributed by atoms with E-state index in [0.717, 1.165) is 7.11 Å². The van der Waals surface area contributed by atoms with Gasteiger partial charge in [-0.1, -0.05) is 6.08 Å². The maximum atomic E-state index is 12.8. The summed E-state index contributed by atoms with van der Waals surface area (Å²) in [7, 11) is 3.79. The van der Waals surface area contributed by atoms with Gasteiger partial charge in [-0.25, -0.2) is 0 Å². The SMILES string of the molecule is COC(=O)C[C@](C)(CC(=O)OCC=Cc1cc(OC)c(O[C@@H]2O[C@H](CO)[C@@H](O)[C@H](O)[C@H]2O)c(OC)c1)O[C@@H]1O[C@H](CO)[C@@H](O)[C@H](O)[C@H]1O. The first kappa shape index (κ1) is 39.3. The van der Waals surface area contributed by atoms with Gasteiger partial charge in [0.15, 0.2) is 17.8 Å². The normalized spacial score (nSPS) is 31.9. The molecule has 2 aliphatic rings. The van der Waals surface area contributed by atoms with Gasteiger partial charge >= 0.3 is 11.9 Å². The zero-order valence-corrected chi connectivity index (χ0v) is 26.8. The molecule has 3 rings (SSSR count). The number of methoxy groups -OCH3 is 3. The van der Waals surface area contributed by atoms with Crippen LogP contribution in [-0.4, -0.2) is 161 Å². The molecule has 1 aromatic rings. The Morgan fingerprint density at radius 1 is 0.771 bits per heavy atom. The second-order valence-electron chi connectivity index (χ2n) is 11.3. The van der Waals surface area contributed by atoms with Crippen molar-refractivity contribution in [2.75, 3.05) is 41.2 Å². The molecule has 18 nitrogen and oxygen atoms in total. The Morgan fingerprint density at radius 2 is 1.27 bits per heavy atom. The van der Waals surface area contributed by atoms with Crippen LogP contribution in [0, 0.1) is 0 Å². The van der Waals surface area contributed by atoms with Crippen molar-refractivity contribution < 1.29 is 88.3 Å². The second kappa shape index (κ2) is 17.5. The Balaban J connectivity index is 1.68. The molecule has 272 valence electrons. The molecular formula is C30H44O18. The topological polar surface area (TPSA) is 270 Å². The van der Waals surface area contributed by atoms with Crippen molar-refractivity contribution >= 4 is 18.0 Å². The zero-order valence-electron chi connectivity index (χ0n) is 26.8. The molecule has 0 unspecified atom stereocenters. The van der Waals surface area contributed by atoms with Gasteiger partial charge in [0, 0.05) is 0 Å². The predicted octanol–water partition coefficient (Wildman–Crippen LogP) is -3.03. The molecule has 0 aromatic heterocycles. The van der Waals surface area contributed by atoms with E-state index in [1.807, 2.05) is 0 Å². The van der Waals surface area contributed by atoms with Gasteiger partial charge in [0.2, 0.25) is 12.0 Å². The van der Waals surface area contributed by atoms with Crippen LogP contribution < -0.4 is 14.2 Å². The number of rotatable bonds is 15. The minimum Gasteiger partial charge on any atom is -0.493 e. The van der Waals surface area contributed by atoms with Gasteiger partial charge in [-0.3, -0.25) is 9.59 Å². The van der Waals surface area contributed by atoms with E-state index < -0.39 is 105 Å². The highest BCUT2D eigenvalue weighted by molar-refractivity contribution is 5.75. The summed E-state index contributed by atoms with van der Waals surface area (Å²) >= 11 is 0. The second-order valence-corrected chi connectivity index (χ2v) is 11.3. The molecule has 2 aliphatic heterocycles. The lowest BCUT2D eigenvalue weighted by Gasteiger charge is -2.43. The van der Waals surface area contributed by atoms with Gasteiger partial charge in [-0.05, 0) is 30.7 Å². The van der Waals surface area contributed by atoms with Crippen LogP contribution in [0.3, 0.4) is 0 Å². The third-order valence-electron chi connectivity index (χ3n) is 7.73. The number of aliphatic hydroxyl groups is 8. The van der Waals surface area contributed by atoms with Crippen LogP contribution in [-0.2, 0) is 33.3 Å². The third kappa shape index (κ3) is 9.51. The van der Waals surface area contributed by atoms with E-state index >= 15 is 0 Å². The molecule has 11 atom stereocenters. The lowest BCUT2D eigenvalue weighted by Crippen LogP contribution is -2.60. The molecule has 0 radical (unpaired) electrons. The van der Waals surface area contributed by atoms with Crippen LogP contribution in [0.2, 0.25) is 0 Å². The largest absolute Gasteiger partial charge is 0.493 e. The van der Waals surface area contributed by atoms with Crippen LogP contribution in [0.25, 0.3) is 6.08 Å². The highest BCUT2D eigenvalue weighted by Gasteiger charge is 2.48. The smallest absolute Gasteiger partial charge is 0.309 e. The number of esters is 2. The fourth-order valence-corrected chi connectivity index (χ4v) is 5.04. The summed E-state index contributed by atoms with van der Waals surface area (Å²) < 4.78 is 43.0. The number of benzene rings is 1. The molecule has 1 aromatic carbocycles. The quantitative estimate of drug-likeness (QED) is 0.0849. The average molecular weight is 693 g/mol. The Hall–Kier alpha value is -3.14. The van der Waals surface area contributed by atoms with E-state index in [1.54, 1.807) is 6.08 Å². The average Bonchev–Trinajstić information content (AvgIpc) is 3.06. The number of ether oxygens (including phenoxy) is 8. The van der Waals surface area contributed by atoms with Crippen LogP contribution in [0.4, 0.5) is 0 Å². The third-order valence-corrected chi connectivity index (χ3v) is 7.73. The molecule has 18 heteroatoms. The van der Waals surface area contributed by atoms with E-state index in [9.17, 15) is 50.4 Å². The highest BCUT2D eigenvalue weighted by Crippen LogP contribution is 2.41. The maximum Gasteiger partial charge on any atom is 0.309 e. The molecule has 2 heterocycles. The molecule has 0 aliphatic carbocycles. The van der Waals surface area contributed by atoms with E-state index in [2.05, 4.69) is 4.74 Å². The summed E-state index contributed by atoms with van der Waals surface area (Å²) in [5, 5.41) is 79.9.